The number of aryl methyl sites for hydroxylation is 1. The van der Waals surface area contributed by atoms with Crippen molar-refractivity contribution in [3.05, 3.63) is 44.6 Å². The number of rotatable bonds is 4. The van der Waals surface area contributed by atoms with Gasteiger partial charge in [0, 0.05) is 14.1 Å². The van der Waals surface area contributed by atoms with E-state index in [1.54, 1.807) is 12.1 Å². The lowest BCUT2D eigenvalue weighted by Gasteiger charge is -2.03. The first-order valence-electron chi connectivity index (χ1n) is 7.24. The summed E-state index contributed by atoms with van der Waals surface area (Å²) in [5, 5.41) is 13.6. The molecular formula is C15H16N6O4. The molecule has 130 valence electrons. The Morgan fingerprint density at radius 3 is 2.80 bits per heavy atom. The SMILES string of the molecule is COc1cc(C=NNc2nc3c([nH]2)c(=O)n(C)c(=O)n3C)ccc1O. The number of aromatic hydroxyl groups is 1. The normalized spacial score (nSPS) is 11.3. The smallest absolute Gasteiger partial charge is 0.332 e. The molecule has 0 aliphatic rings. The highest BCUT2D eigenvalue weighted by Gasteiger charge is 2.12. The topological polar surface area (TPSA) is 127 Å². The Labute approximate surface area is 141 Å². The van der Waals surface area contributed by atoms with Crippen molar-refractivity contribution in [2.75, 3.05) is 12.5 Å². The van der Waals surface area contributed by atoms with Gasteiger partial charge in [-0.25, -0.2) is 10.2 Å². The number of imidazole rings is 1. The number of benzene rings is 1. The Kier molecular flexibility index (Phi) is 4.01. The quantitative estimate of drug-likeness (QED) is 0.456. The van der Waals surface area contributed by atoms with Crippen LogP contribution in [0.1, 0.15) is 5.56 Å². The number of aromatic nitrogens is 4. The summed E-state index contributed by atoms with van der Waals surface area (Å²) in [5.74, 6) is 0.572. The predicted octanol–water partition coefficient (Wildman–Crippen LogP) is 0.120. The lowest BCUT2D eigenvalue weighted by molar-refractivity contribution is 0.373. The van der Waals surface area contributed by atoms with Crippen LogP contribution in [0.2, 0.25) is 0 Å². The molecule has 0 saturated heterocycles. The van der Waals surface area contributed by atoms with E-state index in [-0.39, 0.29) is 22.9 Å². The molecule has 25 heavy (non-hydrogen) atoms. The Balaban J connectivity index is 1.89. The first-order valence-corrected chi connectivity index (χ1v) is 7.24. The average Bonchev–Trinajstić information content (AvgIpc) is 3.04. The van der Waals surface area contributed by atoms with Crippen LogP contribution in [-0.4, -0.2) is 37.5 Å². The van der Waals surface area contributed by atoms with Crippen LogP contribution in [0.15, 0.2) is 32.9 Å². The summed E-state index contributed by atoms with van der Waals surface area (Å²) < 4.78 is 7.29. The minimum Gasteiger partial charge on any atom is -0.504 e. The summed E-state index contributed by atoms with van der Waals surface area (Å²) >= 11 is 0. The molecule has 0 amide bonds. The third-order valence-corrected chi connectivity index (χ3v) is 3.68. The molecule has 0 aliphatic heterocycles. The minimum atomic E-state index is -0.467. The van der Waals surface area contributed by atoms with Gasteiger partial charge in [-0.3, -0.25) is 13.9 Å². The molecule has 0 radical (unpaired) electrons. The van der Waals surface area contributed by atoms with Crippen LogP contribution in [0, 0.1) is 0 Å². The summed E-state index contributed by atoms with van der Waals surface area (Å²) in [5.41, 5.74) is 2.85. The highest BCUT2D eigenvalue weighted by Crippen LogP contribution is 2.25. The largest absolute Gasteiger partial charge is 0.504 e. The summed E-state index contributed by atoms with van der Waals surface area (Å²) in [7, 11) is 4.38. The minimum absolute atomic E-state index is 0.0293. The zero-order valence-corrected chi connectivity index (χ0v) is 13.8. The van der Waals surface area contributed by atoms with E-state index >= 15 is 0 Å². The molecule has 0 spiro atoms. The van der Waals surface area contributed by atoms with Gasteiger partial charge < -0.3 is 14.8 Å². The van der Waals surface area contributed by atoms with Gasteiger partial charge in [0.25, 0.3) is 5.56 Å². The molecule has 0 saturated carbocycles. The van der Waals surface area contributed by atoms with Crippen molar-refractivity contribution in [3.63, 3.8) is 0 Å². The Bertz CT molecular complexity index is 1090. The van der Waals surface area contributed by atoms with Crippen molar-refractivity contribution in [2.24, 2.45) is 19.2 Å². The number of nitrogens with one attached hydrogen (secondary N) is 2. The molecule has 1 aromatic carbocycles. The van der Waals surface area contributed by atoms with Crippen LogP contribution in [-0.2, 0) is 14.1 Å². The molecule has 3 aromatic rings. The first kappa shape index (κ1) is 16.3. The number of hydrogen-bond donors (Lipinski definition) is 3. The third-order valence-electron chi connectivity index (χ3n) is 3.68. The number of ether oxygens (including phenoxy) is 1. The molecule has 2 aromatic heterocycles. The van der Waals surface area contributed by atoms with Crippen LogP contribution in [0.4, 0.5) is 5.95 Å². The maximum atomic E-state index is 12.1. The second-order valence-corrected chi connectivity index (χ2v) is 5.29. The molecule has 0 aliphatic carbocycles. The van der Waals surface area contributed by atoms with E-state index in [2.05, 4.69) is 20.5 Å². The van der Waals surface area contributed by atoms with E-state index in [0.717, 1.165) is 4.57 Å². The second-order valence-electron chi connectivity index (χ2n) is 5.29. The lowest BCUT2D eigenvalue weighted by Crippen LogP contribution is -2.36. The van der Waals surface area contributed by atoms with E-state index in [1.165, 1.54) is 38.1 Å². The number of hydrazone groups is 1. The summed E-state index contributed by atoms with van der Waals surface area (Å²) in [6.07, 6.45) is 1.49. The lowest BCUT2D eigenvalue weighted by atomic mass is 10.2. The molecular weight excluding hydrogens is 328 g/mol. The fourth-order valence-corrected chi connectivity index (χ4v) is 2.32. The molecule has 2 heterocycles. The molecule has 3 rings (SSSR count). The Hall–Kier alpha value is -3.56. The van der Waals surface area contributed by atoms with E-state index in [9.17, 15) is 14.7 Å². The van der Waals surface area contributed by atoms with Crippen LogP contribution in [0.5, 0.6) is 11.5 Å². The average molecular weight is 344 g/mol. The summed E-state index contributed by atoms with van der Waals surface area (Å²) in [6.45, 7) is 0. The fraction of sp³-hybridized carbons (Fsp3) is 0.200. The standard InChI is InChI=1S/C15H16N6O4/c1-20-12-11(13(23)21(2)15(20)24)17-14(18-12)19-16-7-8-4-5-9(22)10(6-8)25-3/h4-7,22H,1-3H3,(H2,17,18,19). The van der Waals surface area contributed by atoms with Crippen molar-refractivity contribution in [1.82, 2.24) is 19.1 Å². The van der Waals surface area contributed by atoms with E-state index in [1.807, 2.05) is 0 Å². The fourth-order valence-electron chi connectivity index (χ4n) is 2.32. The molecule has 0 bridgehead atoms. The third kappa shape index (κ3) is 2.84. The van der Waals surface area contributed by atoms with Gasteiger partial charge in [-0.15, -0.1) is 0 Å². The second kappa shape index (κ2) is 6.15. The van der Waals surface area contributed by atoms with Crippen molar-refractivity contribution in [3.8, 4) is 11.5 Å². The van der Waals surface area contributed by atoms with Gasteiger partial charge >= 0.3 is 5.69 Å². The van der Waals surface area contributed by atoms with E-state index in [4.69, 9.17) is 4.74 Å². The zero-order valence-electron chi connectivity index (χ0n) is 13.8. The predicted molar refractivity (Wildman–Crippen MR) is 92.5 cm³/mol. The van der Waals surface area contributed by atoms with Crippen molar-refractivity contribution >= 4 is 23.3 Å². The highest BCUT2D eigenvalue weighted by atomic mass is 16.5. The van der Waals surface area contributed by atoms with Gasteiger partial charge in [-0.1, -0.05) is 0 Å². The van der Waals surface area contributed by atoms with Gasteiger partial charge in [-0.2, -0.15) is 10.1 Å². The molecule has 0 atom stereocenters. The summed E-state index contributed by atoms with van der Waals surface area (Å²) in [6, 6.07) is 4.75. The van der Waals surface area contributed by atoms with Crippen LogP contribution in [0.3, 0.4) is 0 Å². The zero-order chi connectivity index (χ0) is 18.1. The number of H-pyrrole nitrogens is 1. The maximum Gasteiger partial charge on any atom is 0.332 e. The van der Waals surface area contributed by atoms with E-state index < -0.39 is 11.2 Å². The number of anilines is 1. The van der Waals surface area contributed by atoms with Gasteiger partial charge in [0.2, 0.25) is 5.95 Å². The number of nitrogens with zero attached hydrogens (tertiary/aromatic N) is 4. The highest BCUT2D eigenvalue weighted by molar-refractivity contribution is 5.81. The van der Waals surface area contributed by atoms with Crippen molar-refractivity contribution in [2.45, 2.75) is 0 Å². The number of hydrogen-bond acceptors (Lipinski definition) is 7. The van der Waals surface area contributed by atoms with Gasteiger partial charge in [0.05, 0.1) is 13.3 Å². The first-order chi connectivity index (χ1) is 11.9. The number of fused-ring (bicyclic) bond motifs is 1. The van der Waals surface area contributed by atoms with Gasteiger partial charge in [0.15, 0.2) is 22.7 Å². The molecule has 3 N–H and O–H groups in total. The van der Waals surface area contributed by atoms with Gasteiger partial charge in [-0.05, 0) is 23.8 Å². The summed E-state index contributed by atoms with van der Waals surface area (Å²) in [4.78, 5) is 30.9. The van der Waals surface area contributed by atoms with Crippen molar-refractivity contribution in [1.29, 1.82) is 0 Å². The Morgan fingerprint density at radius 1 is 1.32 bits per heavy atom. The molecule has 10 heteroatoms. The molecule has 0 fully saturated rings. The van der Waals surface area contributed by atoms with E-state index in [0.29, 0.717) is 11.3 Å². The molecule has 10 nitrogen and oxygen atoms in total. The maximum absolute atomic E-state index is 12.1. The van der Waals surface area contributed by atoms with Gasteiger partial charge in [0.1, 0.15) is 0 Å². The van der Waals surface area contributed by atoms with Crippen molar-refractivity contribution < 1.29 is 9.84 Å². The van der Waals surface area contributed by atoms with Crippen LogP contribution >= 0.6 is 0 Å². The number of methoxy groups -OCH3 is 1. The molecule has 0 unspecified atom stereocenters. The number of aromatic amines is 1. The Morgan fingerprint density at radius 2 is 2.08 bits per heavy atom. The van der Waals surface area contributed by atoms with Crippen LogP contribution in [0.25, 0.3) is 11.2 Å². The van der Waals surface area contributed by atoms with Crippen LogP contribution < -0.4 is 21.4 Å². The monoisotopic (exact) mass is 344 g/mol. The number of phenols is 1. The number of phenolic OH excluding ortho intramolecular Hbond substituents is 1.